The number of carbonyl (C=O) groups is 1. The Kier molecular flexibility index (Phi) is 3.82. The van der Waals surface area contributed by atoms with E-state index in [-0.39, 0.29) is 0 Å². The number of hydrogen-bond donors (Lipinski definition) is 1. The van der Waals surface area contributed by atoms with Gasteiger partial charge in [-0.3, -0.25) is 9.69 Å². The van der Waals surface area contributed by atoms with Gasteiger partial charge in [-0.15, -0.1) is 11.3 Å². The van der Waals surface area contributed by atoms with Crippen LogP contribution in [0.25, 0.3) is 0 Å². The van der Waals surface area contributed by atoms with Crippen molar-refractivity contribution >= 4 is 17.3 Å². The zero-order chi connectivity index (χ0) is 11.6. The molecule has 0 aliphatic heterocycles. The molecule has 4 nitrogen and oxygen atoms in total. The molecular weight excluding hydrogens is 212 g/mol. The molecule has 0 saturated heterocycles. The predicted molar refractivity (Wildman–Crippen MR) is 60.2 cm³/mol. The summed E-state index contributed by atoms with van der Waals surface area (Å²) in [6.07, 6.45) is 0. The standard InChI is InChI=1S/C10H16N2O2S/c1-6-8(3)15-9(11-6)5-12(4)7(2)10(13)14/h7H,5H2,1-4H3,(H,13,14). The average Bonchev–Trinajstić information content (AvgIpc) is 2.44. The van der Waals surface area contributed by atoms with Gasteiger partial charge in [0.15, 0.2) is 0 Å². The van der Waals surface area contributed by atoms with Crippen LogP contribution in [0.15, 0.2) is 0 Å². The Morgan fingerprint density at radius 3 is 2.60 bits per heavy atom. The van der Waals surface area contributed by atoms with Crippen LogP contribution < -0.4 is 0 Å². The van der Waals surface area contributed by atoms with Crippen LogP contribution in [0.4, 0.5) is 0 Å². The van der Waals surface area contributed by atoms with Gasteiger partial charge in [0.25, 0.3) is 0 Å². The minimum atomic E-state index is -0.803. The number of hydrogen-bond acceptors (Lipinski definition) is 4. The largest absolute Gasteiger partial charge is 0.480 e. The smallest absolute Gasteiger partial charge is 0.320 e. The molecule has 1 N–H and O–H groups in total. The van der Waals surface area contributed by atoms with E-state index in [2.05, 4.69) is 4.98 Å². The summed E-state index contributed by atoms with van der Waals surface area (Å²) >= 11 is 1.63. The molecule has 0 aliphatic carbocycles. The lowest BCUT2D eigenvalue weighted by Crippen LogP contribution is -2.35. The second-order valence-electron chi connectivity index (χ2n) is 3.68. The number of carboxylic acids is 1. The maximum absolute atomic E-state index is 10.7. The van der Waals surface area contributed by atoms with E-state index in [9.17, 15) is 4.79 Å². The first-order chi connectivity index (χ1) is 6.91. The van der Waals surface area contributed by atoms with Crippen molar-refractivity contribution in [2.45, 2.75) is 33.4 Å². The van der Waals surface area contributed by atoms with Crippen LogP contribution in [0.3, 0.4) is 0 Å². The molecule has 1 unspecified atom stereocenters. The van der Waals surface area contributed by atoms with Crippen molar-refractivity contribution in [1.29, 1.82) is 0 Å². The van der Waals surface area contributed by atoms with E-state index in [1.165, 1.54) is 4.88 Å². The molecule has 0 radical (unpaired) electrons. The highest BCUT2D eigenvalue weighted by Gasteiger charge is 2.18. The van der Waals surface area contributed by atoms with Gasteiger partial charge in [-0.05, 0) is 27.8 Å². The Morgan fingerprint density at radius 2 is 2.20 bits per heavy atom. The normalized spacial score (nSPS) is 13.1. The fourth-order valence-electron chi connectivity index (χ4n) is 1.15. The summed E-state index contributed by atoms with van der Waals surface area (Å²) in [5.41, 5.74) is 1.03. The lowest BCUT2D eigenvalue weighted by atomic mass is 10.3. The van der Waals surface area contributed by atoms with Crippen LogP contribution in [0.2, 0.25) is 0 Å². The highest BCUT2D eigenvalue weighted by Crippen LogP contribution is 2.18. The molecule has 0 aliphatic rings. The van der Waals surface area contributed by atoms with Crippen LogP contribution >= 0.6 is 11.3 Å². The first kappa shape index (κ1) is 12.1. The monoisotopic (exact) mass is 228 g/mol. The first-order valence-corrected chi connectivity index (χ1v) is 5.59. The molecule has 1 rings (SSSR count). The summed E-state index contributed by atoms with van der Waals surface area (Å²) in [5.74, 6) is -0.803. The average molecular weight is 228 g/mol. The molecule has 1 aromatic rings. The minimum absolute atomic E-state index is 0.477. The summed E-state index contributed by atoms with van der Waals surface area (Å²) in [5, 5.41) is 9.80. The Morgan fingerprint density at radius 1 is 1.60 bits per heavy atom. The Hall–Kier alpha value is -0.940. The molecule has 0 bridgehead atoms. The first-order valence-electron chi connectivity index (χ1n) is 4.77. The molecule has 1 atom stereocenters. The lowest BCUT2D eigenvalue weighted by Gasteiger charge is -2.19. The highest BCUT2D eigenvalue weighted by atomic mass is 32.1. The van der Waals surface area contributed by atoms with Gasteiger partial charge in [0.1, 0.15) is 11.0 Å². The Balaban J connectivity index is 2.66. The van der Waals surface area contributed by atoms with Gasteiger partial charge in [-0.1, -0.05) is 0 Å². The maximum Gasteiger partial charge on any atom is 0.320 e. The predicted octanol–water partition coefficient (Wildman–Crippen LogP) is 1.66. The highest BCUT2D eigenvalue weighted by molar-refractivity contribution is 7.11. The maximum atomic E-state index is 10.7. The number of rotatable bonds is 4. The topological polar surface area (TPSA) is 53.4 Å². The number of aliphatic carboxylic acids is 1. The van der Waals surface area contributed by atoms with E-state index in [4.69, 9.17) is 5.11 Å². The van der Waals surface area contributed by atoms with E-state index in [0.717, 1.165) is 10.7 Å². The van der Waals surface area contributed by atoms with Crippen molar-refractivity contribution in [3.8, 4) is 0 Å². The van der Waals surface area contributed by atoms with Crippen LogP contribution in [0.1, 0.15) is 22.5 Å². The summed E-state index contributed by atoms with van der Waals surface area (Å²) in [7, 11) is 1.80. The SMILES string of the molecule is Cc1nc(CN(C)C(C)C(=O)O)sc1C. The van der Waals surface area contributed by atoms with Crippen molar-refractivity contribution in [2.75, 3.05) is 7.05 Å². The fourth-order valence-corrected chi connectivity index (χ4v) is 2.14. The summed E-state index contributed by atoms with van der Waals surface area (Å²) in [6.45, 7) is 6.26. The number of aromatic nitrogens is 1. The molecule has 0 saturated carbocycles. The molecule has 0 fully saturated rings. The van der Waals surface area contributed by atoms with Crippen LogP contribution in [-0.4, -0.2) is 34.0 Å². The molecule has 1 aromatic heterocycles. The second kappa shape index (κ2) is 4.72. The number of nitrogens with zero attached hydrogens (tertiary/aromatic N) is 2. The van der Waals surface area contributed by atoms with Crippen molar-refractivity contribution < 1.29 is 9.90 Å². The van der Waals surface area contributed by atoms with E-state index < -0.39 is 12.0 Å². The fraction of sp³-hybridized carbons (Fsp3) is 0.600. The quantitative estimate of drug-likeness (QED) is 0.851. The van der Waals surface area contributed by atoms with Crippen molar-refractivity contribution in [3.05, 3.63) is 15.6 Å². The molecule has 0 spiro atoms. The van der Waals surface area contributed by atoms with Gasteiger partial charge >= 0.3 is 5.97 Å². The van der Waals surface area contributed by atoms with Crippen molar-refractivity contribution in [3.63, 3.8) is 0 Å². The van der Waals surface area contributed by atoms with Crippen molar-refractivity contribution in [1.82, 2.24) is 9.88 Å². The van der Waals surface area contributed by atoms with E-state index in [0.29, 0.717) is 6.54 Å². The molecule has 1 heterocycles. The zero-order valence-corrected chi connectivity index (χ0v) is 10.3. The number of aryl methyl sites for hydroxylation is 2. The van der Waals surface area contributed by atoms with E-state index in [1.807, 2.05) is 13.8 Å². The third-order valence-corrected chi connectivity index (χ3v) is 3.53. The third kappa shape index (κ3) is 3.00. The number of likely N-dealkylation sites (N-methyl/N-ethyl adjacent to an activating group) is 1. The van der Waals surface area contributed by atoms with Crippen LogP contribution in [0.5, 0.6) is 0 Å². The molecule has 15 heavy (non-hydrogen) atoms. The number of thiazole rings is 1. The number of carboxylic acid groups (broad SMARTS) is 1. The lowest BCUT2D eigenvalue weighted by molar-refractivity contribution is -0.142. The van der Waals surface area contributed by atoms with Gasteiger partial charge < -0.3 is 5.11 Å². The van der Waals surface area contributed by atoms with Crippen molar-refractivity contribution in [2.24, 2.45) is 0 Å². The van der Waals surface area contributed by atoms with E-state index >= 15 is 0 Å². The van der Waals surface area contributed by atoms with Gasteiger partial charge in [0, 0.05) is 4.88 Å². The summed E-state index contributed by atoms with van der Waals surface area (Å²) in [6, 6.07) is -0.477. The molecule has 84 valence electrons. The second-order valence-corrected chi connectivity index (χ2v) is 4.97. The van der Waals surface area contributed by atoms with Crippen LogP contribution in [-0.2, 0) is 11.3 Å². The van der Waals surface area contributed by atoms with Gasteiger partial charge in [0.05, 0.1) is 12.2 Å². The summed E-state index contributed by atoms with van der Waals surface area (Å²) < 4.78 is 0. The molecular formula is C10H16N2O2S. The minimum Gasteiger partial charge on any atom is -0.480 e. The van der Waals surface area contributed by atoms with Gasteiger partial charge in [0.2, 0.25) is 0 Å². The summed E-state index contributed by atoms with van der Waals surface area (Å²) in [4.78, 5) is 18.1. The zero-order valence-electron chi connectivity index (χ0n) is 9.44. The molecule has 5 heteroatoms. The van der Waals surface area contributed by atoms with E-state index in [1.54, 1.807) is 30.2 Å². The van der Waals surface area contributed by atoms with Gasteiger partial charge in [-0.2, -0.15) is 0 Å². The molecule has 0 aromatic carbocycles. The molecule has 0 amide bonds. The van der Waals surface area contributed by atoms with Crippen LogP contribution in [0, 0.1) is 13.8 Å². The van der Waals surface area contributed by atoms with Gasteiger partial charge in [-0.25, -0.2) is 4.98 Å². The Bertz CT molecular complexity index is 343. The third-order valence-electron chi connectivity index (χ3n) is 2.48. The Labute approximate surface area is 93.6 Å².